The van der Waals surface area contributed by atoms with Gasteiger partial charge in [-0.15, -0.1) is 32.9 Å². The first-order valence-electron chi connectivity index (χ1n) is 9.76. The van der Waals surface area contributed by atoms with Gasteiger partial charge in [0, 0.05) is 17.0 Å². The molecular formula is C21H18FN5OS3. The first-order chi connectivity index (χ1) is 15.1. The third kappa shape index (κ3) is 4.41. The van der Waals surface area contributed by atoms with Crippen LogP contribution >= 0.6 is 34.4 Å². The van der Waals surface area contributed by atoms with E-state index < -0.39 is 0 Å². The number of anilines is 1. The maximum absolute atomic E-state index is 13.1. The van der Waals surface area contributed by atoms with Crippen LogP contribution in [0.3, 0.4) is 0 Å². The van der Waals surface area contributed by atoms with E-state index in [0.29, 0.717) is 16.9 Å². The van der Waals surface area contributed by atoms with Crippen LogP contribution in [0, 0.1) is 5.82 Å². The van der Waals surface area contributed by atoms with Gasteiger partial charge in [0.15, 0.2) is 16.1 Å². The molecule has 10 heteroatoms. The van der Waals surface area contributed by atoms with Crippen LogP contribution in [-0.4, -0.2) is 30.9 Å². The summed E-state index contributed by atoms with van der Waals surface area (Å²) >= 11 is 4.39. The summed E-state index contributed by atoms with van der Waals surface area (Å²) in [5, 5.41) is 16.4. The van der Waals surface area contributed by atoms with Gasteiger partial charge < -0.3 is 5.32 Å². The number of nitrogens with zero attached hydrogens (tertiary/aromatic N) is 4. The van der Waals surface area contributed by atoms with Gasteiger partial charge in [-0.05, 0) is 55.5 Å². The number of thiophene rings is 1. The maximum Gasteiger partial charge on any atom is 0.239 e. The second kappa shape index (κ2) is 8.52. The number of carbonyl (C=O) groups is 1. The summed E-state index contributed by atoms with van der Waals surface area (Å²) in [5.74, 6) is 0.434. The topological polar surface area (TPSA) is 72.7 Å². The third-order valence-electron chi connectivity index (χ3n) is 4.84. The van der Waals surface area contributed by atoms with E-state index in [2.05, 4.69) is 25.1 Å². The molecule has 1 atom stereocenters. The fraction of sp³-hybridized carbons (Fsp3) is 0.238. The van der Waals surface area contributed by atoms with Crippen molar-refractivity contribution in [1.29, 1.82) is 0 Å². The van der Waals surface area contributed by atoms with Crippen LogP contribution in [0.5, 0.6) is 0 Å². The molecule has 1 aliphatic carbocycles. The molecule has 1 aromatic carbocycles. The van der Waals surface area contributed by atoms with Crippen LogP contribution in [0.25, 0.3) is 22.0 Å². The number of aromatic nitrogens is 4. The lowest BCUT2D eigenvalue weighted by Crippen LogP contribution is -2.22. The highest BCUT2D eigenvalue weighted by Gasteiger charge is 2.31. The van der Waals surface area contributed by atoms with Crippen molar-refractivity contribution in [3.63, 3.8) is 0 Å². The van der Waals surface area contributed by atoms with Gasteiger partial charge in [-0.3, -0.25) is 9.36 Å². The number of hydrogen-bond donors (Lipinski definition) is 1. The van der Waals surface area contributed by atoms with Crippen LogP contribution in [0.15, 0.2) is 52.3 Å². The van der Waals surface area contributed by atoms with E-state index in [0.717, 1.165) is 34.3 Å². The Balaban J connectivity index is 1.28. The molecular weight excluding hydrogens is 453 g/mol. The fourth-order valence-corrected chi connectivity index (χ4v) is 5.44. The minimum absolute atomic E-state index is 0.145. The summed E-state index contributed by atoms with van der Waals surface area (Å²) in [4.78, 5) is 18.3. The smallest absolute Gasteiger partial charge is 0.239 e. The molecule has 1 N–H and O–H groups in total. The highest BCUT2D eigenvalue weighted by molar-refractivity contribution is 8.00. The van der Waals surface area contributed by atoms with E-state index in [1.165, 1.54) is 35.2 Å². The zero-order valence-corrected chi connectivity index (χ0v) is 18.9. The molecule has 5 rings (SSSR count). The largest absolute Gasteiger partial charge is 0.301 e. The van der Waals surface area contributed by atoms with E-state index in [1.807, 2.05) is 29.8 Å². The van der Waals surface area contributed by atoms with Gasteiger partial charge in [-0.2, -0.15) is 0 Å². The Morgan fingerprint density at radius 2 is 2.03 bits per heavy atom. The van der Waals surface area contributed by atoms with Gasteiger partial charge in [0.1, 0.15) is 5.82 Å². The lowest BCUT2D eigenvalue weighted by atomic mass is 10.2. The SMILES string of the molecule is C[C@H](Sc1nnc(-c2cccs2)n1C1CC1)C(=O)Nc1nc(-c2ccc(F)cc2)cs1. The number of amides is 1. The number of thioether (sulfide) groups is 1. The van der Waals surface area contributed by atoms with Gasteiger partial charge >= 0.3 is 0 Å². The minimum atomic E-state index is -0.365. The number of carbonyl (C=O) groups excluding carboxylic acids is 1. The standard InChI is InChI=1S/C21H18FN5OS3/c1-12(19(28)24-20-23-16(11-30-20)13-4-6-14(22)7-5-13)31-21-26-25-18(17-3-2-10-29-17)27(21)15-8-9-15/h2-7,10-12,15H,8-9H2,1H3,(H,23,24,28)/t12-/m0/s1. The summed E-state index contributed by atoms with van der Waals surface area (Å²) in [6.07, 6.45) is 2.21. The third-order valence-corrected chi connectivity index (χ3v) is 7.52. The lowest BCUT2D eigenvalue weighted by molar-refractivity contribution is -0.115. The van der Waals surface area contributed by atoms with Gasteiger partial charge in [-0.25, -0.2) is 9.37 Å². The Morgan fingerprint density at radius 1 is 1.23 bits per heavy atom. The zero-order chi connectivity index (χ0) is 21.4. The predicted octanol–water partition coefficient (Wildman–Crippen LogP) is 5.72. The van der Waals surface area contributed by atoms with E-state index >= 15 is 0 Å². The molecule has 0 spiro atoms. The average Bonchev–Trinajstić information content (AvgIpc) is 3.15. The monoisotopic (exact) mass is 471 g/mol. The molecule has 31 heavy (non-hydrogen) atoms. The van der Waals surface area contributed by atoms with E-state index in [-0.39, 0.29) is 17.0 Å². The summed E-state index contributed by atoms with van der Waals surface area (Å²) in [7, 11) is 0. The Morgan fingerprint density at radius 3 is 2.74 bits per heavy atom. The van der Waals surface area contributed by atoms with Crippen molar-refractivity contribution in [3.8, 4) is 22.0 Å². The molecule has 0 saturated heterocycles. The summed E-state index contributed by atoms with van der Waals surface area (Å²) in [5.41, 5.74) is 1.51. The highest BCUT2D eigenvalue weighted by atomic mass is 32.2. The first kappa shape index (κ1) is 20.3. The first-order valence-corrected chi connectivity index (χ1v) is 12.4. The molecule has 1 saturated carbocycles. The predicted molar refractivity (Wildman–Crippen MR) is 123 cm³/mol. The molecule has 0 bridgehead atoms. The van der Waals surface area contributed by atoms with Crippen molar-refractivity contribution in [2.45, 2.75) is 36.2 Å². The van der Waals surface area contributed by atoms with Crippen molar-refractivity contribution in [2.24, 2.45) is 0 Å². The molecule has 158 valence electrons. The molecule has 1 amide bonds. The zero-order valence-electron chi connectivity index (χ0n) is 16.5. The number of thiazole rings is 1. The molecule has 6 nitrogen and oxygen atoms in total. The molecule has 0 unspecified atom stereocenters. The lowest BCUT2D eigenvalue weighted by Gasteiger charge is -2.12. The van der Waals surface area contributed by atoms with Gasteiger partial charge in [0.2, 0.25) is 5.91 Å². The Bertz CT molecular complexity index is 1200. The molecule has 3 heterocycles. The molecule has 1 aliphatic rings. The Kier molecular flexibility index (Phi) is 5.59. The fourth-order valence-electron chi connectivity index (χ4n) is 3.10. The summed E-state index contributed by atoms with van der Waals surface area (Å²) < 4.78 is 15.3. The van der Waals surface area contributed by atoms with E-state index in [1.54, 1.807) is 23.5 Å². The molecule has 3 aromatic heterocycles. The van der Waals surface area contributed by atoms with Crippen LogP contribution in [0.1, 0.15) is 25.8 Å². The second-order valence-corrected chi connectivity index (χ2v) is 10.3. The molecule has 0 aliphatic heterocycles. The van der Waals surface area contributed by atoms with Crippen molar-refractivity contribution in [3.05, 3.63) is 53.0 Å². The van der Waals surface area contributed by atoms with Gasteiger partial charge in [0.05, 0.1) is 15.8 Å². The summed E-state index contributed by atoms with van der Waals surface area (Å²) in [6, 6.07) is 10.6. The normalized spacial score (nSPS) is 14.5. The van der Waals surface area contributed by atoms with Crippen molar-refractivity contribution in [2.75, 3.05) is 5.32 Å². The van der Waals surface area contributed by atoms with Crippen LogP contribution in [0.4, 0.5) is 9.52 Å². The van der Waals surface area contributed by atoms with Crippen molar-refractivity contribution < 1.29 is 9.18 Å². The van der Waals surface area contributed by atoms with E-state index in [9.17, 15) is 9.18 Å². The summed E-state index contributed by atoms with van der Waals surface area (Å²) in [6.45, 7) is 1.85. The van der Waals surface area contributed by atoms with Crippen molar-refractivity contribution >= 4 is 45.5 Å². The molecule has 1 fully saturated rings. The number of benzene rings is 1. The van der Waals surface area contributed by atoms with Gasteiger partial charge in [-0.1, -0.05) is 17.8 Å². The maximum atomic E-state index is 13.1. The van der Waals surface area contributed by atoms with Crippen LogP contribution in [0.2, 0.25) is 0 Å². The Labute approximate surface area is 190 Å². The van der Waals surface area contributed by atoms with Crippen molar-refractivity contribution in [1.82, 2.24) is 19.7 Å². The quantitative estimate of drug-likeness (QED) is 0.349. The number of hydrogen-bond acceptors (Lipinski definition) is 7. The highest BCUT2D eigenvalue weighted by Crippen LogP contribution is 2.42. The molecule has 4 aromatic rings. The molecule has 0 radical (unpaired) electrons. The number of halogens is 1. The van der Waals surface area contributed by atoms with Crippen LogP contribution in [-0.2, 0) is 4.79 Å². The average molecular weight is 472 g/mol. The number of nitrogens with one attached hydrogen (secondary N) is 1. The Hall–Kier alpha value is -2.56. The van der Waals surface area contributed by atoms with Gasteiger partial charge in [0.25, 0.3) is 0 Å². The number of rotatable bonds is 7. The van der Waals surface area contributed by atoms with Crippen LogP contribution < -0.4 is 5.32 Å². The second-order valence-electron chi connectivity index (χ2n) is 7.18. The minimum Gasteiger partial charge on any atom is -0.301 e. The van der Waals surface area contributed by atoms with E-state index in [4.69, 9.17) is 0 Å².